The van der Waals surface area contributed by atoms with Gasteiger partial charge in [-0.3, -0.25) is 4.79 Å². The molecule has 2 aromatic carbocycles. The molecule has 2 heterocycles. The van der Waals surface area contributed by atoms with Crippen molar-refractivity contribution in [1.82, 2.24) is 19.7 Å². The summed E-state index contributed by atoms with van der Waals surface area (Å²) in [5.41, 5.74) is 2.40. The number of amides is 1. The van der Waals surface area contributed by atoms with Crippen LogP contribution in [-0.2, 0) is 11.3 Å². The maximum absolute atomic E-state index is 13.8. The molecule has 6 nitrogen and oxygen atoms in total. The largest absolute Gasteiger partial charge is 0.328 e. The summed E-state index contributed by atoms with van der Waals surface area (Å²) in [6, 6.07) is 14.3. The number of imidazole rings is 1. The molecule has 142 valence electrons. The van der Waals surface area contributed by atoms with Gasteiger partial charge in [-0.25, -0.2) is 9.37 Å². The highest BCUT2D eigenvalue weighted by molar-refractivity contribution is 7.18. The first-order valence-electron chi connectivity index (χ1n) is 8.92. The zero-order chi connectivity index (χ0) is 19.5. The minimum Gasteiger partial charge on any atom is -0.328 e. The van der Waals surface area contributed by atoms with Crippen LogP contribution in [0.3, 0.4) is 0 Å². The number of hydrogen-bond donors (Lipinski definition) is 1. The minimum atomic E-state index is -0.362. The molecule has 1 N–H and O–H groups in total. The van der Waals surface area contributed by atoms with Gasteiger partial charge < -0.3 is 9.88 Å². The standard InChI is InChI=1S/C20H18FN5OS/c1-13-22-16-9-4-5-10-17(16)26(13)12-6-11-18(27)23-20-25-24-19(28-20)14-7-2-3-8-15(14)21/h2-5,7-10H,6,11-12H2,1H3,(H,23,25,27). The van der Waals surface area contributed by atoms with E-state index in [-0.39, 0.29) is 11.7 Å². The van der Waals surface area contributed by atoms with E-state index in [4.69, 9.17) is 0 Å². The van der Waals surface area contributed by atoms with Crippen LogP contribution >= 0.6 is 11.3 Å². The van der Waals surface area contributed by atoms with E-state index in [9.17, 15) is 9.18 Å². The summed E-state index contributed by atoms with van der Waals surface area (Å²) in [6.07, 6.45) is 1.02. The summed E-state index contributed by atoms with van der Waals surface area (Å²) < 4.78 is 16.0. The lowest BCUT2D eigenvalue weighted by molar-refractivity contribution is -0.116. The van der Waals surface area contributed by atoms with Gasteiger partial charge in [0.2, 0.25) is 11.0 Å². The molecule has 4 rings (SSSR count). The third kappa shape index (κ3) is 3.77. The molecule has 0 radical (unpaired) electrons. The Hall–Kier alpha value is -3.13. The highest BCUT2D eigenvalue weighted by Gasteiger charge is 2.13. The second kappa shape index (κ2) is 7.85. The molecule has 1 amide bonds. The van der Waals surface area contributed by atoms with Gasteiger partial charge in [0.25, 0.3) is 0 Å². The first kappa shape index (κ1) is 18.2. The van der Waals surface area contributed by atoms with Gasteiger partial charge in [-0.1, -0.05) is 35.6 Å². The molecule has 0 fully saturated rings. The number of anilines is 1. The van der Waals surface area contributed by atoms with E-state index in [1.54, 1.807) is 18.2 Å². The molecule has 28 heavy (non-hydrogen) atoms. The Morgan fingerprint density at radius 1 is 1.14 bits per heavy atom. The first-order valence-corrected chi connectivity index (χ1v) is 9.73. The third-order valence-electron chi connectivity index (χ3n) is 4.41. The number of halogens is 1. The van der Waals surface area contributed by atoms with Gasteiger partial charge in [0, 0.05) is 18.5 Å². The molecular weight excluding hydrogens is 377 g/mol. The monoisotopic (exact) mass is 395 g/mol. The Labute approximate surface area is 165 Å². The number of nitrogens with zero attached hydrogens (tertiary/aromatic N) is 4. The number of nitrogens with one attached hydrogen (secondary N) is 1. The van der Waals surface area contributed by atoms with Crippen molar-refractivity contribution in [3.05, 3.63) is 60.2 Å². The summed E-state index contributed by atoms with van der Waals surface area (Å²) in [4.78, 5) is 16.8. The van der Waals surface area contributed by atoms with E-state index in [2.05, 4.69) is 25.1 Å². The number of hydrogen-bond acceptors (Lipinski definition) is 5. The van der Waals surface area contributed by atoms with E-state index in [0.29, 0.717) is 35.1 Å². The van der Waals surface area contributed by atoms with Gasteiger partial charge in [-0.2, -0.15) is 0 Å². The maximum Gasteiger partial charge on any atom is 0.226 e. The van der Waals surface area contributed by atoms with Crippen LogP contribution < -0.4 is 5.32 Å². The molecule has 0 aliphatic heterocycles. The fourth-order valence-corrected chi connectivity index (χ4v) is 3.86. The number of para-hydroxylation sites is 2. The first-order chi connectivity index (χ1) is 13.6. The summed E-state index contributed by atoms with van der Waals surface area (Å²) in [5.74, 6) is 0.429. The van der Waals surface area contributed by atoms with Gasteiger partial charge in [0.05, 0.1) is 11.0 Å². The molecule has 0 bridgehead atoms. The van der Waals surface area contributed by atoms with Gasteiger partial charge in [0.15, 0.2) is 5.01 Å². The van der Waals surface area contributed by atoms with Gasteiger partial charge in [-0.05, 0) is 37.6 Å². The highest BCUT2D eigenvalue weighted by Crippen LogP contribution is 2.28. The number of benzene rings is 2. The lowest BCUT2D eigenvalue weighted by Crippen LogP contribution is -2.12. The van der Waals surface area contributed by atoms with E-state index in [1.165, 1.54) is 6.07 Å². The molecule has 0 atom stereocenters. The smallest absolute Gasteiger partial charge is 0.226 e. The topological polar surface area (TPSA) is 72.7 Å². The van der Waals surface area contributed by atoms with Gasteiger partial charge >= 0.3 is 0 Å². The average molecular weight is 395 g/mol. The van der Waals surface area contributed by atoms with Crippen LogP contribution in [0.15, 0.2) is 48.5 Å². The molecule has 0 saturated carbocycles. The predicted molar refractivity (Wildman–Crippen MR) is 108 cm³/mol. The molecule has 0 saturated heterocycles. The Bertz CT molecular complexity index is 1140. The zero-order valence-corrected chi connectivity index (χ0v) is 16.0. The second-order valence-electron chi connectivity index (χ2n) is 6.34. The lowest BCUT2D eigenvalue weighted by atomic mass is 10.2. The normalized spacial score (nSPS) is 11.1. The van der Waals surface area contributed by atoms with E-state index >= 15 is 0 Å². The molecule has 8 heteroatoms. The van der Waals surface area contributed by atoms with Crippen LogP contribution in [0.25, 0.3) is 21.6 Å². The van der Waals surface area contributed by atoms with Crippen LogP contribution in [0, 0.1) is 12.7 Å². The van der Waals surface area contributed by atoms with Crippen LogP contribution in [0.5, 0.6) is 0 Å². The molecule has 0 aliphatic rings. The van der Waals surface area contributed by atoms with Crippen molar-refractivity contribution in [2.75, 3.05) is 5.32 Å². The van der Waals surface area contributed by atoms with Crippen molar-refractivity contribution >= 4 is 33.4 Å². The average Bonchev–Trinajstić information content (AvgIpc) is 3.26. The maximum atomic E-state index is 13.8. The SMILES string of the molecule is Cc1nc2ccccc2n1CCCC(=O)Nc1nnc(-c2ccccc2F)s1. The number of aryl methyl sites for hydroxylation is 2. The van der Waals surface area contributed by atoms with Gasteiger partial charge in [-0.15, -0.1) is 10.2 Å². The van der Waals surface area contributed by atoms with Crippen LogP contribution in [0.4, 0.5) is 9.52 Å². The highest BCUT2D eigenvalue weighted by atomic mass is 32.1. The number of fused-ring (bicyclic) bond motifs is 1. The second-order valence-corrected chi connectivity index (χ2v) is 7.32. The van der Waals surface area contributed by atoms with Crippen molar-refractivity contribution < 1.29 is 9.18 Å². The van der Waals surface area contributed by atoms with E-state index < -0.39 is 0 Å². The van der Waals surface area contributed by atoms with E-state index in [1.807, 2.05) is 31.2 Å². The van der Waals surface area contributed by atoms with Crippen molar-refractivity contribution in [1.29, 1.82) is 0 Å². The lowest BCUT2D eigenvalue weighted by Gasteiger charge is -2.06. The Balaban J connectivity index is 1.35. The number of carbonyl (C=O) groups excluding carboxylic acids is 1. The molecular formula is C20H18FN5OS. The Morgan fingerprint density at radius 3 is 2.79 bits per heavy atom. The molecule has 0 aliphatic carbocycles. The zero-order valence-electron chi connectivity index (χ0n) is 15.2. The van der Waals surface area contributed by atoms with Crippen molar-refractivity contribution in [2.45, 2.75) is 26.3 Å². The van der Waals surface area contributed by atoms with Crippen LogP contribution in [-0.4, -0.2) is 25.7 Å². The van der Waals surface area contributed by atoms with E-state index in [0.717, 1.165) is 28.2 Å². The fourth-order valence-electron chi connectivity index (χ4n) is 3.07. The third-order valence-corrected chi connectivity index (χ3v) is 5.28. The van der Waals surface area contributed by atoms with Gasteiger partial charge in [0.1, 0.15) is 11.6 Å². The molecule has 0 spiro atoms. The summed E-state index contributed by atoms with van der Waals surface area (Å²) >= 11 is 1.15. The quantitative estimate of drug-likeness (QED) is 0.524. The Morgan fingerprint density at radius 2 is 1.93 bits per heavy atom. The molecule has 2 aromatic heterocycles. The number of rotatable bonds is 6. The van der Waals surface area contributed by atoms with Crippen LogP contribution in [0.1, 0.15) is 18.7 Å². The van der Waals surface area contributed by atoms with Crippen molar-refractivity contribution in [3.63, 3.8) is 0 Å². The molecule has 0 unspecified atom stereocenters. The van der Waals surface area contributed by atoms with Crippen LogP contribution in [0.2, 0.25) is 0 Å². The number of carbonyl (C=O) groups is 1. The minimum absolute atomic E-state index is 0.140. The summed E-state index contributed by atoms with van der Waals surface area (Å²) in [5, 5.41) is 11.5. The van der Waals surface area contributed by atoms with Crippen molar-refractivity contribution in [3.8, 4) is 10.6 Å². The van der Waals surface area contributed by atoms with Crippen molar-refractivity contribution in [2.24, 2.45) is 0 Å². The summed E-state index contributed by atoms with van der Waals surface area (Å²) in [6.45, 7) is 2.67. The fraction of sp³-hybridized carbons (Fsp3) is 0.200. The summed E-state index contributed by atoms with van der Waals surface area (Å²) in [7, 11) is 0. The predicted octanol–water partition coefficient (Wildman–Crippen LogP) is 4.42. The number of aromatic nitrogens is 4. The Kier molecular flexibility index (Phi) is 5.12. The molecule has 4 aromatic rings.